The molecule has 0 aliphatic carbocycles. The van der Waals surface area contributed by atoms with E-state index in [1.807, 2.05) is 48.4 Å². The summed E-state index contributed by atoms with van der Waals surface area (Å²) in [4.78, 5) is 16.2. The van der Waals surface area contributed by atoms with Crippen molar-refractivity contribution in [3.63, 3.8) is 0 Å². The summed E-state index contributed by atoms with van der Waals surface area (Å²) >= 11 is 22.4. The van der Waals surface area contributed by atoms with E-state index in [2.05, 4.69) is 145 Å². The van der Waals surface area contributed by atoms with Crippen LogP contribution in [0, 0.1) is 57.5 Å². The average molecular weight is 1110 g/mol. The Kier molecular flexibility index (Phi) is 59.2. The molecule has 0 aromatic rings. The quantitative estimate of drug-likeness (QED) is 0.0171. The van der Waals surface area contributed by atoms with Crippen molar-refractivity contribution in [2.75, 3.05) is 5.75 Å². The van der Waals surface area contributed by atoms with Gasteiger partial charge in [-0.05, 0) is 85.6 Å². The Balaban J connectivity index is -0.000000248. The maximum atomic E-state index is 10.2. The summed E-state index contributed by atoms with van der Waals surface area (Å²) in [7, 11) is 4.95. The van der Waals surface area contributed by atoms with E-state index in [9.17, 15) is 9.90 Å². The molecule has 368 valence electrons. The first-order valence-electron chi connectivity index (χ1n) is 22.3. The summed E-state index contributed by atoms with van der Waals surface area (Å²) in [5.74, 6) is 18.3. The molecular formula is C48H78B2Br2ClNO8S3. The molecular weight excluding hydrogens is 1030 g/mol. The fraction of sp³-hybridized carbons (Fsp3) is 0.750. The van der Waals surface area contributed by atoms with Gasteiger partial charge in [-0.2, -0.15) is 12.6 Å². The minimum atomic E-state index is -0.579. The van der Waals surface area contributed by atoms with Gasteiger partial charge in [0.05, 0.1) is 24.4 Å². The van der Waals surface area contributed by atoms with E-state index in [4.69, 9.17) is 43.5 Å². The second-order valence-electron chi connectivity index (χ2n) is 15.0. The third-order valence-corrected chi connectivity index (χ3v) is 9.55. The normalized spacial score (nSPS) is 18.3. The van der Waals surface area contributed by atoms with Gasteiger partial charge in [0, 0.05) is 68.7 Å². The van der Waals surface area contributed by atoms with Gasteiger partial charge < -0.3 is 34.4 Å². The Morgan fingerprint density at radius 1 is 0.800 bits per heavy atom. The second-order valence-corrected chi connectivity index (χ2v) is 17.3. The molecule has 0 aromatic carbocycles. The van der Waals surface area contributed by atoms with E-state index in [1.54, 1.807) is 13.1 Å². The Hall–Kier alpha value is -0.810. The zero-order valence-corrected chi connectivity index (χ0v) is 47.2. The van der Waals surface area contributed by atoms with Gasteiger partial charge in [0.1, 0.15) is 20.1 Å². The molecule has 2 heterocycles. The Morgan fingerprint density at radius 3 is 1.49 bits per heavy atom. The molecule has 2 radical (unpaired) electrons. The van der Waals surface area contributed by atoms with Crippen molar-refractivity contribution < 1.29 is 39.2 Å². The summed E-state index contributed by atoms with van der Waals surface area (Å²) < 4.78 is 24.2. The van der Waals surface area contributed by atoms with Crippen molar-refractivity contribution in [2.45, 2.75) is 226 Å². The number of hydrogen-bond donors (Lipinski definition) is 5. The standard InChI is InChI=1S/C20H32O3.C15H26O2.C5H7BrO.C5H5BrO.C2H3BS2.CH3BS.ClH2NO/c1-5-7-8-9-12-15-18-19(23-20(3,4)22-18)16-13-10-11-14-17(21)6-2;1-5-7-8-9-10-12-14-13(11-6-2)16-15(3,4)17-14;2*1-2-5(7)3-4-6;3-2(5)1-4;2*1-2-3/h17-19,21H,5-9,12,15-16H2,1-4H3;2,13-14H,5,7-12H2,1,3-4H3;5,7H,2H2,1H3;2H2,1H3;4H,1H2;1H3;2-3H/t17-,18+,19+;13-,14-;5-;;;;/m010..../s1. The van der Waals surface area contributed by atoms with Gasteiger partial charge in [0.15, 0.2) is 11.6 Å². The van der Waals surface area contributed by atoms with Gasteiger partial charge >= 0.3 is 25.0 Å². The fourth-order valence-electron chi connectivity index (χ4n) is 5.39. The number of thiocarbonyl (C=S) groups is 1. The van der Waals surface area contributed by atoms with Crippen molar-refractivity contribution >= 4 is 105 Å². The molecule has 0 aromatic heterocycles. The van der Waals surface area contributed by atoms with Crippen molar-refractivity contribution in [2.24, 2.45) is 0 Å². The van der Waals surface area contributed by atoms with E-state index in [0.29, 0.717) is 42.6 Å². The van der Waals surface area contributed by atoms with Crippen LogP contribution in [0.2, 0.25) is 6.82 Å². The SMILES string of the molecule is C#CC[C@H]1OC(C)(C)O[C@@H]1CCCCCCC.CB=S.CCC(=O)C#CBr.CCCCCCC[C@H]1OC(C)(C)O[C@@H]1CC#CC#C[C@@H](O)CC.CC[C@H](O)C#CBr.ONCl.[B]C(=S)CS. The Morgan fingerprint density at radius 2 is 1.18 bits per heavy atom. The van der Waals surface area contributed by atoms with Crippen LogP contribution in [0.3, 0.4) is 0 Å². The predicted octanol–water partition coefficient (Wildman–Crippen LogP) is 11.7. The largest absolute Gasteiger partial charge is 0.380 e. The number of thiol groups is 1. The second kappa shape index (κ2) is 52.6. The van der Waals surface area contributed by atoms with Crippen LogP contribution in [0.5, 0.6) is 0 Å². The molecule has 9 nitrogen and oxygen atoms in total. The molecule has 0 bridgehead atoms. The van der Waals surface area contributed by atoms with E-state index >= 15 is 0 Å². The molecule has 6 atom stereocenters. The molecule has 2 fully saturated rings. The predicted molar refractivity (Wildman–Crippen MR) is 292 cm³/mol. The number of rotatable bonds is 18. The van der Waals surface area contributed by atoms with E-state index in [0.717, 1.165) is 12.8 Å². The molecule has 0 amide bonds. The minimum Gasteiger partial charge on any atom is -0.380 e. The number of nitrogens with one attached hydrogen (secondary N) is 1. The molecule has 4 N–H and O–H groups in total. The molecule has 2 aliphatic rings. The first kappa shape index (κ1) is 73.2. The number of hydrogen-bond acceptors (Lipinski definition) is 12. The number of terminal acetylenes is 1. The number of carbonyl (C=O) groups is 1. The molecule has 2 saturated heterocycles. The first-order valence-corrected chi connectivity index (χ1v) is 25.8. The van der Waals surface area contributed by atoms with Crippen LogP contribution >= 0.6 is 80.5 Å². The van der Waals surface area contributed by atoms with Gasteiger partial charge in [0.2, 0.25) is 5.78 Å². The Labute approximate surface area is 435 Å². The van der Waals surface area contributed by atoms with Gasteiger partial charge in [-0.25, -0.2) is 0 Å². The smallest absolute Gasteiger partial charge is 0.206 e. The summed E-state index contributed by atoms with van der Waals surface area (Å²) in [6.07, 6.45) is 24.3. The zero-order valence-electron chi connectivity index (χ0n) is 40.7. The topological polar surface area (TPSA) is 127 Å². The molecule has 0 saturated carbocycles. The van der Waals surface area contributed by atoms with Crippen LogP contribution in [0.25, 0.3) is 0 Å². The van der Waals surface area contributed by atoms with E-state index in [-0.39, 0.29) is 30.2 Å². The minimum absolute atomic E-state index is 0.0153. The number of unbranched alkanes of at least 4 members (excludes halogenated alkanes) is 8. The number of aliphatic hydroxyl groups excluding tert-OH is 2. The van der Waals surface area contributed by atoms with Crippen molar-refractivity contribution in [3.8, 4) is 57.5 Å². The van der Waals surface area contributed by atoms with Gasteiger partial charge in [-0.3, -0.25) is 4.79 Å². The molecule has 2 aliphatic heterocycles. The zero-order chi connectivity index (χ0) is 51.0. The van der Waals surface area contributed by atoms with Crippen LogP contribution < -0.4 is 5.00 Å². The van der Waals surface area contributed by atoms with Crippen LogP contribution in [0.1, 0.15) is 171 Å². The van der Waals surface area contributed by atoms with Gasteiger partial charge in [-0.15, -0.1) is 29.6 Å². The molecule has 0 unspecified atom stereocenters. The molecule has 65 heavy (non-hydrogen) atoms. The third kappa shape index (κ3) is 54.0. The third-order valence-electron chi connectivity index (χ3n) is 8.42. The maximum absolute atomic E-state index is 10.2. The summed E-state index contributed by atoms with van der Waals surface area (Å²) in [6, 6.07) is 0. The Bertz CT molecular complexity index is 1500. The average Bonchev–Trinajstić information content (AvgIpc) is 3.73. The number of aliphatic hydroxyl groups is 2. The molecule has 2 rings (SSSR count). The molecule has 0 spiro atoms. The van der Waals surface area contributed by atoms with Crippen molar-refractivity contribution in [3.05, 3.63) is 0 Å². The number of ether oxygens (including phenoxy) is 4. The van der Waals surface area contributed by atoms with Gasteiger partial charge in [0.25, 0.3) is 0 Å². The summed E-state index contributed by atoms with van der Waals surface area (Å²) in [5, 5.41) is 25.1. The first-order chi connectivity index (χ1) is 30.8. The number of ketones is 1. The monoisotopic (exact) mass is 1110 g/mol. The summed E-state index contributed by atoms with van der Waals surface area (Å²) in [6.45, 7) is 19.7. The van der Waals surface area contributed by atoms with Crippen LogP contribution in [0.15, 0.2) is 0 Å². The maximum Gasteiger partial charge on any atom is 0.206 e. The van der Waals surface area contributed by atoms with Crippen LogP contribution in [-0.4, -0.2) is 93.9 Å². The number of carbonyl (C=O) groups excluding carboxylic acids is 1. The number of Topliss-reactive ketones (excluding diaryl/α,β-unsaturated/α-hetero) is 1. The summed E-state index contributed by atoms with van der Waals surface area (Å²) in [5.41, 5.74) is 0. The molecule has 17 heteroatoms. The van der Waals surface area contributed by atoms with Crippen LogP contribution in [0.4, 0.5) is 0 Å². The van der Waals surface area contributed by atoms with Crippen molar-refractivity contribution in [1.82, 2.24) is 5.00 Å². The van der Waals surface area contributed by atoms with Gasteiger partial charge in [-0.1, -0.05) is 117 Å². The van der Waals surface area contributed by atoms with E-state index in [1.165, 1.54) is 69.2 Å². The van der Waals surface area contributed by atoms with E-state index < -0.39 is 23.8 Å². The van der Waals surface area contributed by atoms with Crippen LogP contribution in [-0.2, 0) is 23.7 Å². The fourth-order valence-corrected chi connectivity index (χ4v) is 5.88. The van der Waals surface area contributed by atoms with Crippen molar-refractivity contribution in [1.29, 1.82) is 0 Å². The number of halogens is 3.